The van der Waals surface area contributed by atoms with E-state index in [9.17, 15) is 9.59 Å². The van der Waals surface area contributed by atoms with Gasteiger partial charge in [-0.15, -0.1) is 0 Å². The molecule has 0 aliphatic carbocycles. The van der Waals surface area contributed by atoms with Gasteiger partial charge in [-0.1, -0.05) is 11.6 Å². The van der Waals surface area contributed by atoms with E-state index < -0.39 is 17.3 Å². The molecule has 0 saturated carbocycles. The van der Waals surface area contributed by atoms with Crippen LogP contribution in [-0.2, 0) is 9.53 Å². The van der Waals surface area contributed by atoms with E-state index in [0.29, 0.717) is 10.2 Å². The maximum absolute atomic E-state index is 11.4. The molecule has 94 valence electrons. The Bertz CT molecular complexity index is 528. The third-order valence-electron chi connectivity index (χ3n) is 1.99. The van der Waals surface area contributed by atoms with Crippen LogP contribution in [0.4, 0.5) is 5.69 Å². The number of carbonyl (C=O) groups excluding carboxylic acids is 2. The molecule has 0 aromatic heterocycles. The third kappa shape index (κ3) is 3.45. The number of hydrogen-bond acceptors (Lipinski definition) is 4. The van der Waals surface area contributed by atoms with Gasteiger partial charge in [0.15, 0.2) is 5.38 Å². The molecule has 5 nitrogen and oxygen atoms in total. The SMILES string of the molecule is COC(=O)c1ccc(Br)c(NC(=O)C(Cl)C#N)c1. The number of rotatable bonds is 3. The predicted molar refractivity (Wildman–Crippen MR) is 69.4 cm³/mol. The van der Waals surface area contributed by atoms with Crippen molar-refractivity contribution in [3.8, 4) is 6.07 Å². The van der Waals surface area contributed by atoms with E-state index in [1.165, 1.54) is 19.2 Å². The smallest absolute Gasteiger partial charge is 0.337 e. The van der Waals surface area contributed by atoms with E-state index in [2.05, 4.69) is 26.0 Å². The van der Waals surface area contributed by atoms with Crippen molar-refractivity contribution in [2.24, 2.45) is 0 Å². The number of nitrogens with one attached hydrogen (secondary N) is 1. The van der Waals surface area contributed by atoms with Gasteiger partial charge in [0, 0.05) is 4.47 Å². The second-order valence-corrected chi connectivity index (χ2v) is 4.46. The summed E-state index contributed by atoms with van der Waals surface area (Å²) in [5.74, 6) is -1.19. The molecule has 18 heavy (non-hydrogen) atoms. The summed E-state index contributed by atoms with van der Waals surface area (Å²) >= 11 is 8.68. The molecule has 0 aliphatic rings. The number of ether oxygens (including phenoxy) is 1. The normalized spacial score (nSPS) is 11.2. The van der Waals surface area contributed by atoms with Crippen molar-refractivity contribution < 1.29 is 14.3 Å². The largest absolute Gasteiger partial charge is 0.465 e. The number of alkyl halides is 1. The molecule has 0 bridgehead atoms. The van der Waals surface area contributed by atoms with Gasteiger partial charge < -0.3 is 10.1 Å². The molecule has 1 N–H and O–H groups in total. The average molecular weight is 332 g/mol. The molecule has 0 fully saturated rings. The molecule has 1 unspecified atom stereocenters. The lowest BCUT2D eigenvalue weighted by atomic mass is 10.2. The van der Waals surface area contributed by atoms with Gasteiger partial charge in [0.25, 0.3) is 5.91 Å². The third-order valence-corrected chi connectivity index (χ3v) is 2.98. The molecule has 0 spiro atoms. The Labute approximate surface area is 117 Å². The highest BCUT2D eigenvalue weighted by Gasteiger charge is 2.16. The Morgan fingerprint density at radius 3 is 2.78 bits per heavy atom. The summed E-state index contributed by atoms with van der Waals surface area (Å²) in [6.07, 6.45) is 0. The Morgan fingerprint density at radius 1 is 1.56 bits per heavy atom. The van der Waals surface area contributed by atoms with Crippen molar-refractivity contribution in [3.05, 3.63) is 28.2 Å². The number of halogens is 2. The van der Waals surface area contributed by atoms with Gasteiger partial charge in [-0.3, -0.25) is 4.79 Å². The fourth-order valence-corrected chi connectivity index (χ4v) is 1.52. The molecule has 0 aliphatic heterocycles. The van der Waals surface area contributed by atoms with Crippen molar-refractivity contribution in [1.29, 1.82) is 5.26 Å². The topological polar surface area (TPSA) is 79.2 Å². The van der Waals surface area contributed by atoms with Gasteiger partial charge >= 0.3 is 5.97 Å². The van der Waals surface area contributed by atoms with E-state index in [-0.39, 0.29) is 5.56 Å². The Kier molecular flexibility index (Phi) is 5.13. The average Bonchev–Trinajstić information content (AvgIpc) is 2.39. The fourth-order valence-electron chi connectivity index (χ4n) is 1.12. The first kappa shape index (κ1) is 14.5. The van der Waals surface area contributed by atoms with Gasteiger partial charge in [0.05, 0.1) is 24.4 Å². The van der Waals surface area contributed by atoms with Crippen LogP contribution in [0.2, 0.25) is 0 Å². The highest BCUT2D eigenvalue weighted by molar-refractivity contribution is 9.10. The summed E-state index contributed by atoms with van der Waals surface area (Å²) in [5, 5.41) is 9.64. The number of esters is 1. The van der Waals surface area contributed by atoms with Crippen molar-refractivity contribution in [2.45, 2.75) is 5.38 Å². The number of hydrogen-bond donors (Lipinski definition) is 1. The van der Waals surface area contributed by atoms with E-state index in [0.717, 1.165) is 0 Å². The second-order valence-electron chi connectivity index (χ2n) is 3.17. The first-order valence-electron chi connectivity index (χ1n) is 4.72. The predicted octanol–water partition coefficient (Wildman–Crippen LogP) is 2.31. The minimum Gasteiger partial charge on any atom is -0.465 e. The molecule has 1 aromatic rings. The summed E-state index contributed by atoms with van der Waals surface area (Å²) < 4.78 is 5.12. The molecular formula is C11H8BrClN2O3. The van der Waals surface area contributed by atoms with Gasteiger partial charge in [-0.2, -0.15) is 5.26 Å². The Balaban J connectivity index is 2.99. The van der Waals surface area contributed by atoms with Gasteiger partial charge in [0.2, 0.25) is 0 Å². The minimum absolute atomic E-state index is 0.277. The van der Waals surface area contributed by atoms with Gasteiger partial charge in [-0.25, -0.2) is 4.79 Å². The highest BCUT2D eigenvalue weighted by atomic mass is 79.9. The standard InChI is InChI=1S/C11H8BrClN2O3/c1-18-11(17)6-2-3-7(12)9(4-6)15-10(16)8(13)5-14/h2-4,8H,1H3,(H,15,16). The van der Waals surface area contributed by atoms with Crippen LogP contribution in [0.1, 0.15) is 10.4 Å². The molecule has 0 saturated heterocycles. The fraction of sp³-hybridized carbons (Fsp3) is 0.182. The Hall–Kier alpha value is -1.58. The van der Waals surface area contributed by atoms with Crippen LogP contribution in [0.15, 0.2) is 22.7 Å². The zero-order valence-electron chi connectivity index (χ0n) is 9.24. The lowest BCUT2D eigenvalue weighted by Gasteiger charge is -2.09. The van der Waals surface area contributed by atoms with E-state index in [1.807, 2.05) is 0 Å². The summed E-state index contributed by atoms with van der Waals surface area (Å²) in [4.78, 5) is 22.8. The molecule has 1 atom stereocenters. The van der Waals surface area contributed by atoms with E-state index in [1.54, 1.807) is 12.1 Å². The lowest BCUT2D eigenvalue weighted by molar-refractivity contribution is -0.115. The molecule has 0 heterocycles. The number of anilines is 1. The molecule has 7 heteroatoms. The number of amides is 1. The van der Waals surface area contributed by atoms with Gasteiger partial charge in [0.1, 0.15) is 0 Å². The van der Waals surface area contributed by atoms with Crippen LogP contribution in [-0.4, -0.2) is 24.4 Å². The van der Waals surface area contributed by atoms with Crippen molar-refractivity contribution in [1.82, 2.24) is 0 Å². The zero-order chi connectivity index (χ0) is 13.7. The van der Waals surface area contributed by atoms with Crippen LogP contribution < -0.4 is 5.32 Å². The second kappa shape index (κ2) is 6.38. The van der Waals surface area contributed by atoms with E-state index in [4.69, 9.17) is 16.9 Å². The minimum atomic E-state index is -1.29. The van der Waals surface area contributed by atoms with Crippen molar-refractivity contribution in [2.75, 3.05) is 12.4 Å². The number of nitrogens with zero attached hydrogens (tertiary/aromatic N) is 1. The summed E-state index contributed by atoms with van der Waals surface area (Å²) in [7, 11) is 1.26. The quantitative estimate of drug-likeness (QED) is 0.681. The molecule has 1 rings (SSSR count). The van der Waals surface area contributed by atoms with Crippen LogP contribution in [0.5, 0.6) is 0 Å². The maximum Gasteiger partial charge on any atom is 0.337 e. The highest BCUT2D eigenvalue weighted by Crippen LogP contribution is 2.24. The first-order valence-corrected chi connectivity index (χ1v) is 5.95. The van der Waals surface area contributed by atoms with Crippen LogP contribution in [0, 0.1) is 11.3 Å². The summed E-state index contributed by atoms with van der Waals surface area (Å²) in [6.45, 7) is 0. The number of nitriles is 1. The molecule has 1 amide bonds. The van der Waals surface area contributed by atoms with Crippen LogP contribution in [0.25, 0.3) is 0 Å². The number of benzene rings is 1. The summed E-state index contributed by atoms with van der Waals surface area (Å²) in [6, 6.07) is 6.14. The maximum atomic E-state index is 11.4. The van der Waals surface area contributed by atoms with E-state index >= 15 is 0 Å². The molecule has 0 radical (unpaired) electrons. The summed E-state index contributed by atoms with van der Waals surface area (Å²) in [5.41, 5.74) is 0.614. The Morgan fingerprint density at radius 2 is 2.22 bits per heavy atom. The lowest BCUT2D eigenvalue weighted by Crippen LogP contribution is -2.22. The molecule has 1 aromatic carbocycles. The van der Waals surface area contributed by atoms with Crippen LogP contribution >= 0.6 is 27.5 Å². The van der Waals surface area contributed by atoms with Gasteiger partial charge in [-0.05, 0) is 34.1 Å². The van der Waals surface area contributed by atoms with Crippen LogP contribution in [0.3, 0.4) is 0 Å². The van der Waals surface area contributed by atoms with Crippen molar-refractivity contribution in [3.63, 3.8) is 0 Å². The first-order chi connectivity index (χ1) is 8.49. The number of carbonyl (C=O) groups is 2. The molecular weight excluding hydrogens is 323 g/mol. The van der Waals surface area contributed by atoms with Crippen molar-refractivity contribution >= 4 is 45.1 Å². The monoisotopic (exact) mass is 330 g/mol. The zero-order valence-corrected chi connectivity index (χ0v) is 11.6. The number of methoxy groups -OCH3 is 1.